The molecule has 0 fully saturated rings. The predicted molar refractivity (Wildman–Crippen MR) is 54.2 cm³/mol. The maximum Gasteiger partial charge on any atom is 0.124 e. The van der Waals surface area contributed by atoms with Gasteiger partial charge in [0, 0.05) is 12.7 Å². The zero-order valence-electron chi connectivity index (χ0n) is 7.68. The van der Waals surface area contributed by atoms with Crippen LogP contribution in [0.15, 0.2) is 10.8 Å². The molecule has 0 radical (unpaired) electrons. The third-order valence-corrected chi connectivity index (χ3v) is 2.33. The molecule has 1 rings (SSSR count). The molecule has 1 aromatic rings. The van der Waals surface area contributed by atoms with E-state index in [1.54, 1.807) is 0 Å². The lowest BCUT2D eigenvalue weighted by Crippen LogP contribution is -1.98. The fourth-order valence-corrected chi connectivity index (χ4v) is 1.73. The highest BCUT2D eigenvalue weighted by Gasteiger charge is 1.99. The van der Waals surface area contributed by atoms with Crippen LogP contribution in [-0.2, 0) is 6.54 Å². The summed E-state index contributed by atoms with van der Waals surface area (Å²) in [5.74, 6) is 1.10. The summed E-state index contributed by atoms with van der Waals surface area (Å²) in [5.41, 5.74) is 0. The van der Waals surface area contributed by atoms with Crippen LogP contribution in [0.25, 0.3) is 0 Å². The number of aromatic nitrogens is 2. The summed E-state index contributed by atoms with van der Waals surface area (Å²) in [6.45, 7) is 5.35. The molecule has 68 valence electrons. The number of hydrogen-bond donors (Lipinski definition) is 0. The molecule has 3 heteroatoms. The SMILES string of the molecule is CCCCCn1cc(Br)nc1C. The lowest BCUT2D eigenvalue weighted by atomic mass is 10.2. The zero-order valence-corrected chi connectivity index (χ0v) is 9.26. The van der Waals surface area contributed by atoms with Gasteiger partial charge in [-0.25, -0.2) is 4.98 Å². The summed E-state index contributed by atoms with van der Waals surface area (Å²) in [6, 6.07) is 0. The number of aryl methyl sites for hydroxylation is 2. The van der Waals surface area contributed by atoms with Crippen molar-refractivity contribution in [1.82, 2.24) is 9.55 Å². The van der Waals surface area contributed by atoms with Crippen LogP contribution >= 0.6 is 15.9 Å². The van der Waals surface area contributed by atoms with Gasteiger partial charge in [0.2, 0.25) is 0 Å². The molecular weight excluding hydrogens is 216 g/mol. The van der Waals surface area contributed by atoms with E-state index in [9.17, 15) is 0 Å². The van der Waals surface area contributed by atoms with E-state index in [1.807, 2.05) is 13.1 Å². The summed E-state index contributed by atoms with van der Waals surface area (Å²) in [6.07, 6.45) is 5.87. The Morgan fingerprint density at radius 2 is 2.25 bits per heavy atom. The lowest BCUT2D eigenvalue weighted by molar-refractivity contribution is 0.590. The maximum atomic E-state index is 4.27. The first kappa shape index (κ1) is 9.78. The van der Waals surface area contributed by atoms with Gasteiger partial charge in [-0.3, -0.25) is 0 Å². The van der Waals surface area contributed by atoms with Crippen LogP contribution in [0, 0.1) is 6.92 Å². The van der Waals surface area contributed by atoms with E-state index in [0.29, 0.717) is 0 Å². The first-order chi connectivity index (χ1) is 5.74. The zero-order chi connectivity index (χ0) is 8.97. The van der Waals surface area contributed by atoms with Crippen LogP contribution in [-0.4, -0.2) is 9.55 Å². The predicted octanol–water partition coefficient (Wildman–Crippen LogP) is 3.14. The molecule has 0 aliphatic rings. The number of halogens is 1. The second kappa shape index (κ2) is 4.65. The average molecular weight is 231 g/mol. The highest BCUT2D eigenvalue weighted by molar-refractivity contribution is 9.10. The monoisotopic (exact) mass is 230 g/mol. The Balaban J connectivity index is 2.45. The van der Waals surface area contributed by atoms with Gasteiger partial charge in [0.25, 0.3) is 0 Å². The van der Waals surface area contributed by atoms with E-state index in [2.05, 4.69) is 32.4 Å². The molecule has 1 aromatic heterocycles. The van der Waals surface area contributed by atoms with E-state index in [-0.39, 0.29) is 0 Å². The van der Waals surface area contributed by atoms with Gasteiger partial charge >= 0.3 is 0 Å². The van der Waals surface area contributed by atoms with Crippen molar-refractivity contribution in [2.45, 2.75) is 39.7 Å². The number of imidazole rings is 1. The van der Waals surface area contributed by atoms with Crippen molar-refractivity contribution in [3.63, 3.8) is 0 Å². The standard InChI is InChI=1S/C9H15BrN2/c1-3-4-5-6-12-7-9(10)11-8(12)2/h7H,3-6H2,1-2H3. The van der Waals surface area contributed by atoms with Gasteiger partial charge < -0.3 is 4.57 Å². The van der Waals surface area contributed by atoms with Crippen LogP contribution in [0.1, 0.15) is 32.0 Å². The van der Waals surface area contributed by atoms with Crippen molar-refractivity contribution in [1.29, 1.82) is 0 Å². The van der Waals surface area contributed by atoms with E-state index in [0.717, 1.165) is 17.0 Å². The molecule has 0 saturated carbocycles. The smallest absolute Gasteiger partial charge is 0.124 e. The van der Waals surface area contributed by atoms with E-state index in [1.165, 1.54) is 19.3 Å². The number of hydrogen-bond acceptors (Lipinski definition) is 1. The third kappa shape index (κ3) is 2.63. The fourth-order valence-electron chi connectivity index (χ4n) is 1.23. The van der Waals surface area contributed by atoms with Gasteiger partial charge in [-0.15, -0.1) is 0 Å². The topological polar surface area (TPSA) is 17.8 Å². The van der Waals surface area contributed by atoms with E-state index in [4.69, 9.17) is 0 Å². The Bertz CT molecular complexity index is 243. The Hall–Kier alpha value is -0.310. The Labute approximate surface area is 82.1 Å². The molecule has 1 heterocycles. The second-order valence-electron chi connectivity index (χ2n) is 3.01. The minimum atomic E-state index is 0.941. The normalized spacial score (nSPS) is 10.6. The summed E-state index contributed by atoms with van der Waals surface area (Å²) >= 11 is 3.36. The number of rotatable bonds is 4. The molecular formula is C9H15BrN2. The maximum absolute atomic E-state index is 4.27. The minimum Gasteiger partial charge on any atom is -0.334 e. The summed E-state index contributed by atoms with van der Waals surface area (Å²) in [4.78, 5) is 4.27. The molecule has 0 N–H and O–H groups in total. The first-order valence-electron chi connectivity index (χ1n) is 4.43. The minimum absolute atomic E-state index is 0.941. The van der Waals surface area contributed by atoms with Gasteiger partial charge in [0.15, 0.2) is 0 Å². The molecule has 12 heavy (non-hydrogen) atoms. The summed E-state index contributed by atoms with van der Waals surface area (Å²) < 4.78 is 3.14. The molecule has 0 amide bonds. The van der Waals surface area contributed by atoms with Crippen molar-refractivity contribution in [3.8, 4) is 0 Å². The largest absolute Gasteiger partial charge is 0.334 e. The van der Waals surface area contributed by atoms with Crippen LogP contribution in [0.5, 0.6) is 0 Å². The van der Waals surface area contributed by atoms with Gasteiger partial charge in [0.1, 0.15) is 10.4 Å². The van der Waals surface area contributed by atoms with Crippen LogP contribution in [0.2, 0.25) is 0 Å². The Morgan fingerprint density at radius 3 is 2.75 bits per heavy atom. The Kier molecular flexibility index (Phi) is 3.79. The van der Waals surface area contributed by atoms with Crippen LogP contribution in [0.3, 0.4) is 0 Å². The fraction of sp³-hybridized carbons (Fsp3) is 0.667. The number of nitrogens with zero attached hydrogens (tertiary/aromatic N) is 2. The van der Waals surface area contributed by atoms with E-state index < -0.39 is 0 Å². The molecule has 0 bridgehead atoms. The molecule has 0 aliphatic heterocycles. The summed E-state index contributed by atoms with van der Waals surface area (Å²) in [5, 5.41) is 0. The van der Waals surface area contributed by atoms with Gasteiger partial charge in [0.05, 0.1) is 0 Å². The molecule has 0 saturated heterocycles. The molecule has 0 spiro atoms. The van der Waals surface area contributed by atoms with E-state index >= 15 is 0 Å². The first-order valence-corrected chi connectivity index (χ1v) is 5.22. The second-order valence-corrected chi connectivity index (χ2v) is 3.82. The quantitative estimate of drug-likeness (QED) is 0.728. The van der Waals surface area contributed by atoms with Crippen molar-refractivity contribution in [2.24, 2.45) is 0 Å². The third-order valence-electron chi connectivity index (χ3n) is 1.95. The molecule has 0 atom stereocenters. The average Bonchev–Trinajstić information content (AvgIpc) is 2.31. The van der Waals surface area contributed by atoms with Crippen LogP contribution in [0.4, 0.5) is 0 Å². The van der Waals surface area contributed by atoms with Crippen molar-refractivity contribution in [2.75, 3.05) is 0 Å². The van der Waals surface area contributed by atoms with Crippen molar-refractivity contribution in [3.05, 3.63) is 16.6 Å². The highest BCUT2D eigenvalue weighted by atomic mass is 79.9. The molecule has 2 nitrogen and oxygen atoms in total. The number of unbranched alkanes of at least 4 members (excludes halogenated alkanes) is 2. The van der Waals surface area contributed by atoms with Crippen molar-refractivity contribution >= 4 is 15.9 Å². The van der Waals surface area contributed by atoms with Gasteiger partial charge in [-0.2, -0.15) is 0 Å². The molecule has 0 aromatic carbocycles. The molecule has 0 aliphatic carbocycles. The van der Waals surface area contributed by atoms with Crippen molar-refractivity contribution < 1.29 is 0 Å². The highest BCUT2D eigenvalue weighted by Crippen LogP contribution is 2.10. The Morgan fingerprint density at radius 1 is 1.50 bits per heavy atom. The summed E-state index contributed by atoms with van der Waals surface area (Å²) in [7, 11) is 0. The van der Waals surface area contributed by atoms with Crippen LogP contribution < -0.4 is 0 Å². The van der Waals surface area contributed by atoms with Gasteiger partial charge in [-0.1, -0.05) is 19.8 Å². The van der Waals surface area contributed by atoms with Gasteiger partial charge in [-0.05, 0) is 29.3 Å². The molecule has 0 unspecified atom stereocenters. The lowest BCUT2D eigenvalue weighted by Gasteiger charge is -2.02.